The van der Waals surface area contributed by atoms with Crippen LogP contribution in [0, 0.1) is 0 Å². The Morgan fingerprint density at radius 3 is 2.26 bits per heavy atom. The third-order valence-corrected chi connectivity index (χ3v) is 4.96. The molecule has 118 valence electrons. The predicted octanol–water partition coefficient (Wildman–Crippen LogP) is 5.24. The highest BCUT2D eigenvalue weighted by atomic mass is 35.5. The number of hydrogen-bond acceptors (Lipinski definition) is 2. The molecule has 0 bridgehead atoms. The molecule has 23 heavy (non-hydrogen) atoms. The molecule has 1 aromatic heterocycles. The van der Waals surface area contributed by atoms with Crippen LogP contribution in [0.25, 0.3) is 17.1 Å². The van der Waals surface area contributed by atoms with Gasteiger partial charge in [0.25, 0.3) is 0 Å². The molecule has 1 heterocycles. The molecule has 1 unspecified atom stereocenters. The van der Waals surface area contributed by atoms with Gasteiger partial charge in [0.15, 0.2) is 0 Å². The van der Waals surface area contributed by atoms with Crippen molar-refractivity contribution >= 4 is 45.6 Å². The minimum Gasteiger partial charge on any atom is -0.285 e. The summed E-state index contributed by atoms with van der Waals surface area (Å²) in [6.45, 7) is 0. The van der Waals surface area contributed by atoms with E-state index in [1.54, 1.807) is 42.8 Å². The molecule has 1 atom stereocenters. The first-order chi connectivity index (χ1) is 11.0. The third-order valence-electron chi connectivity index (χ3n) is 3.28. The Morgan fingerprint density at radius 1 is 1.00 bits per heavy atom. The Balaban J connectivity index is 2.26. The number of hydrogen-bond donors (Lipinski definition) is 0. The monoisotopic (exact) mass is 384 g/mol. The summed E-state index contributed by atoms with van der Waals surface area (Å²) in [6, 6.07) is 12.4. The first kappa shape index (κ1) is 16.5. The highest BCUT2D eigenvalue weighted by Crippen LogP contribution is 2.32. The molecule has 0 fully saturated rings. The third kappa shape index (κ3) is 3.31. The lowest BCUT2D eigenvalue weighted by Gasteiger charge is -2.12. The summed E-state index contributed by atoms with van der Waals surface area (Å²) in [6.07, 6.45) is 3.20. The van der Waals surface area contributed by atoms with Gasteiger partial charge in [-0.05, 0) is 42.5 Å². The zero-order chi connectivity index (χ0) is 16.6. The summed E-state index contributed by atoms with van der Waals surface area (Å²) in [5, 5.41) is 2.22. The molecule has 0 aliphatic heterocycles. The number of halogens is 3. The summed E-state index contributed by atoms with van der Waals surface area (Å²) in [5.74, 6) is 0.596. The maximum absolute atomic E-state index is 12.1. The van der Waals surface area contributed by atoms with Crippen LogP contribution in [-0.4, -0.2) is 20.0 Å². The van der Waals surface area contributed by atoms with Crippen molar-refractivity contribution in [3.8, 4) is 17.1 Å². The lowest BCUT2D eigenvalue weighted by Crippen LogP contribution is -2.03. The Bertz CT molecular complexity index is 891. The molecule has 7 heteroatoms. The number of benzene rings is 2. The van der Waals surface area contributed by atoms with E-state index in [9.17, 15) is 4.21 Å². The summed E-state index contributed by atoms with van der Waals surface area (Å²) >= 11 is 18.2. The predicted molar refractivity (Wildman–Crippen MR) is 96.4 cm³/mol. The Kier molecular flexibility index (Phi) is 4.78. The van der Waals surface area contributed by atoms with Crippen LogP contribution < -0.4 is 0 Å². The van der Waals surface area contributed by atoms with E-state index in [0.717, 1.165) is 5.69 Å². The van der Waals surface area contributed by atoms with E-state index >= 15 is 0 Å². The highest BCUT2D eigenvalue weighted by molar-refractivity contribution is 7.84. The summed E-state index contributed by atoms with van der Waals surface area (Å²) in [4.78, 5) is 4.41. The van der Waals surface area contributed by atoms with Crippen molar-refractivity contribution in [1.29, 1.82) is 0 Å². The van der Waals surface area contributed by atoms with Crippen molar-refractivity contribution in [2.45, 2.75) is 5.03 Å². The zero-order valence-electron chi connectivity index (χ0n) is 12.0. The van der Waals surface area contributed by atoms with Crippen molar-refractivity contribution in [2.75, 3.05) is 6.26 Å². The normalized spacial score (nSPS) is 12.3. The lowest BCUT2D eigenvalue weighted by atomic mass is 10.2. The smallest absolute Gasteiger partial charge is 0.146 e. The lowest BCUT2D eigenvalue weighted by molar-refractivity contribution is 0.682. The van der Waals surface area contributed by atoms with Gasteiger partial charge in [0.1, 0.15) is 10.9 Å². The fraction of sp³-hybridized carbons (Fsp3) is 0.0625. The zero-order valence-corrected chi connectivity index (χ0v) is 15.0. The van der Waals surface area contributed by atoms with Crippen LogP contribution in [0.15, 0.2) is 53.7 Å². The maximum Gasteiger partial charge on any atom is 0.146 e. The van der Waals surface area contributed by atoms with E-state index in [1.807, 2.05) is 16.7 Å². The minimum atomic E-state index is -1.21. The van der Waals surface area contributed by atoms with Crippen LogP contribution in [0.5, 0.6) is 0 Å². The summed E-state index contributed by atoms with van der Waals surface area (Å²) < 4.78 is 13.9. The molecule has 2 aromatic carbocycles. The molecule has 3 aromatic rings. The molecule has 3 rings (SSSR count). The van der Waals surface area contributed by atoms with Gasteiger partial charge in [-0.25, -0.2) is 4.98 Å². The fourth-order valence-electron chi connectivity index (χ4n) is 2.24. The van der Waals surface area contributed by atoms with E-state index in [-0.39, 0.29) is 0 Å². The Morgan fingerprint density at radius 2 is 1.65 bits per heavy atom. The number of rotatable bonds is 3. The molecule has 0 saturated heterocycles. The average molecular weight is 386 g/mol. The second-order valence-corrected chi connectivity index (χ2v) is 7.42. The molecular formula is C16H11Cl3N2OS. The minimum absolute atomic E-state index is 0.478. The van der Waals surface area contributed by atoms with Gasteiger partial charge in [-0.1, -0.05) is 34.8 Å². The first-order valence-electron chi connectivity index (χ1n) is 6.60. The van der Waals surface area contributed by atoms with Gasteiger partial charge >= 0.3 is 0 Å². The molecule has 0 radical (unpaired) electrons. The second-order valence-electron chi connectivity index (χ2n) is 4.81. The van der Waals surface area contributed by atoms with Crippen molar-refractivity contribution in [2.24, 2.45) is 0 Å². The number of aromatic nitrogens is 2. The van der Waals surface area contributed by atoms with E-state index in [0.29, 0.717) is 31.5 Å². The fourth-order valence-corrected chi connectivity index (χ4v) is 3.51. The largest absolute Gasteiger partial charge is 0.285 e. The molecule has 0 aliphatic rings. The summed E-state index contributed by atoms with van der Waals surface area (Å²) in [5.41, 5.74) is 1.51. The van der Waals surface area contributed by atoms with Gasteiger partial charge in [0.05, 0.1) is 22.0 Å². The standard InChI is InChI=1S/C16H11Cl3N2OS/c1-23(22)15-9-20-16(13-7-4-11(18)8-14(13)19)21(15)12-5-2-10(17)3-6-12/h2-9H,1H3. The molecule has 3 nitrogen and oxygen atoms in total. The number of nitrogens with zero attached hydrogens (tertiary/aromatic N) is 2. The Labute approximate surface area is 151 Å². The first-order valence-corrected chi connectivity index (χ1v) is 9.29. The van der Waals surface area contributed by atoms with Crippen LogP contribution in [0.1, 0.15) is 0 Å². The summed E-state index contributed by atoms with van der Waals surface area (Å²) in [7, 11) is -1.21. The van der Waals surface area contributed by atoms with Crippen LogP contribution in [0.2, 0.25) is 15.1 Å². The topological polar surface area (TPSA) is 34.9 Å². The van der Waals surface area contributed by atoms with Gasteiger partial charge in [0, 0.05) is 27.6 Å². The average Bonchev–Trinajstić information content (AvgIpc) is 2.93. The van der Waals surface area contributed by atoms with E-state index < -0.39 is 10.8 Å². The van der Waals surface area contributed by atoms with Gasteiger partial charge < -0.3 is 0 Å². The Hall–Kier alpha value is -1.33. The maximum atomic E-state index is 12.1. The number of imidazole rings is 1. The molecule has 0 amide bonds. The van der Waals surface area contributed by atoms with Gasteiger partial charge in [-0.15, -0.1) is 0 Å². The molecular weight excluding hydrogens is 375 g/mol. The van der Waals surface area contributed by atoms with E-state index in [2.05, 4.69) is 4.98 Å². The van der Waals surface area contributed by atoms with Crippen molar-refractivity contribution in [3.63, 3.8) is 0 Å². The van der Waals surface area contributed by atoms with Crippen LogP contribution in [0.3, 0.4) is 0 Å². The van der Waals surface area contributed by atoms with E-state index in [1.165, 1.54) is 0 Å². The molecule has 0 spiro atoms. The van der Waals surface area contributed by atoms with E-state index in [4.69, 9.17) is 34.8 Å². The van der Waals surface area contributed by atoms with Gasteiger partial charge in [0.2, 0.25) is 0 Å². The van der Waals surface area contributed by atoms with Gasteiger partial charge in [-0.2, -0.15) is 0 Å². The van der Waals surface area contributed by atoms with Crippen molar-refractivity contribution < 1.29 is 4.21 Å². The molecule has 0 N–H and O–H groups in total. The second kappa shape index (κ2) is 6.65. The molecule has 0 aliphatic carbocycles. The van der Waals surface area contributed by atoms with Crippen molar-refractivity contribution in [3.05, 3.63) is 63.7 Å². The van der Waals surface area contributed by atoms with Crippen LogP contribution in [0.4, 0.5) is 0 Å². The highest BCUT2D eigenvalue weighted by Gasteiger charge is 2.18. The van der Waals surface area contributed by atoms with Gasteiger partial charge in [-0.3, -0.25) is 8.78 Å². The molecule has 0 saturated carbocycles. The SMILES string of the molecule is CS(=O)c1cnc(-c2ccc(Cl)cc2Cl)n1-c1ccc(Cl)cc1. The van der Waals surface area contributed by atoms with Crippen molar-refractivity contribution in [1.82, 2.24) is 9.55 Å². The van der Waals surface area contributed by atoms with Crippen LogP contribution in [-0.2, 0) is 10.8 Å². The quantitative estimate of drug-likeness (QED) is 0.618. The van der Waals surface area contributed by atoms with Crippen LogP contribution >= 0.6 is 34.8 Å².